The van der Waals surface area contributed by atoms with Gasteiger partial charge in [-0.05, 0) is 30.2 Å². The summed E-state index contributed by atoms with van der Waals surface area (Å²) >= 11 is 0. The van der Waals surface area contributed by atoms with Crippen LogP contribution >= 0.6 is 0 Å². The standard InChI is InChI=1S/C16H15N3O2.C2H2/c1-11-2-7-15-14(8-11)17-18-19(15)9-12-3-5-13(6-4-12)16(21)10-20;1-2/h2-8,20H,9-10H2,1H3;1-2H. The second kappa shape index (κ2) is 7.34. The van der Waals surface area contributed by atoms with E-state index in [1.165, 1.54) is 0 Å². The highest BCUT2D eigenvalue weighted by Crippen LogP contribution is 2.15. The number of aliphatic hydroxyl groups excluding tert-OH is 1. The van der Waals surface area contributed by atoms with Crippen molar-refractivity contribution in [1.29, 1.82) is 0 Å². The molecule has 0 radical (unpaired) electrons. The Balaban J connectivity index is 0.000000924. The summed E-state index contributed by atoms with van der Waals surface area (Å²) in [5.74, 6) is -0.275. The maximum atomic E-state index is 11.4. The van der Waals surface area contributed by atoms with Gasteiger partial charge in [0.15, 0.2) is 5.78 Å². The maximum Gasteiger partial charge on any atom is 0.188 e. The number of aryl methyl sites for hydroxylation is 1. The zero-order valence-corrected chi connectivity index (χ0v) is 12.8. The van der Waals surface area contributed by atoms with Crippen LogP contribution in [-0.2, 0) is 6.54 Å². The molecule has 5 heteroatoms. The largest absolute Gasteiger partial charge is 0.388 e. The number of hydrogen-bond donors (Lipinski definition) is 1. The third-order valence-corrected chi connectivity index (χ3v) is 3.42. The predicted molar refractivity (Wildman–Crippen MR) is 89.1 cm³/mol. The lowest BCUT2D eigenvalue weighted by atomic mass is 10.1. The first-order valence-electron chi connectivity index (χ1n) is 7.03. The maximum absolute atomic E-state index is 11.4. The third-order valence-electron chi connectivity index (χ3n) is 3.42. The van der Waals surface area contributed by atoms with Crippen molar-refractivity contribution in [2.24, 2.45) is 0 Å². The molecule has 23 heavy (non-hydrogen) atoms. The monoisotopic (exact) mass is 307 g/mol. The number of ketones is 1. The molecule has 1 N–H and O–H groups in total. The first kappa shape index (κ1) is 16.4. The van der Waals surface area contributed by atoms with Gasteiger partial charge in [-0.2, -0.15) is 0 Å². The Hall–Kier alpha value is -2.97. The number of Topliss-reactive ketones (excluding diaryl/α,β-unsaturated/α-hetero) is 1. The quantitative estimate of drug-likeness (QED) is 0.593. The molecule has 0 fully saturated rings. The Labute approximate surface area is 134 Å². The summed E-state index contributed by atoms with van der Waals surface area (Å²) in [6, 6.07) is 13.2. The molecule has 0 aliphatic carbocycles. The molecule has 1 aromatic heterocycles. The van der Waals surface area contributed by atoms with Crippen molar-refractivity contribution < 1.29 is 9.90 Å². The van der Waals surface area contributed by atoms with Crippen molar-refractivity contribution in [1.82, 2.24) is 15.0 Å². The molecule has 2 aromatic carbocycles. The van der Waals surface area contributed by atoms with Gasteiger partial charge in [-0.3, -0.25) is 4.79 Å². The van der Waals surface area contributed by atoms with E-state index in [1.807, 2.05) is 41.9 Å². The Bertz CT molecular complexity index is 832. The SMILES string of the molecule is C#C.Cc1ccc2c(c1)nnn2Cc1ccc(C(=O)CO)cc1. The number of hydrogen-bond acceptors (Lipinski definition) is 4. The van der Waals surface area contributed by atoms with Crippen LogP contribution in [0.15, 0.2) is 42.5 Å². The van der Waals surface area contributed by atoms with Crippen LogP contribution in [0.4, 0.5) is 0 Å². The van der Waals surface area contributed by atoms with Crippen LogP contribution < -0.4 is 0 Å². The summed E-state index contributed by atoms with van der Waals surface area (Å²) in [6.07, 6.45) is 8.00. The lowest BCUT2D eigenvalue weighted by Crippen LogP contribution is -2.05. The third kappa shape index (κ3) is 3.62. The van der Waals surface area contributed by atoms with Gasteiger partial charge in [-0.15, -0.1) is 17.9 Å². The number of carbonyl (C=O) groups is 1. The van der Waals surface area contributed by atoms with E-state index in [0.29, 0.717) is 12.1 Å². The fourth-order valence-corrected chi connectivity index (χ4v) is 2.26. The summed E-state index contributed by atoms with van der Waals surface area (Å²) in [5.41, 5.74) is 4.55. The van der Waals surface area contributed by atoms with Crippen molar-refractivity contribution >= 4 is 16.8 Å². The molecule has 3 aromatic rings. The molecule has 3 rings (SSSR count). The number of aliphatic hydroxyl groups is 1. The zero-order valence-electron chi connectivity index (χ0n) is 12.8. The van der Waals surface area contributed by atoms with Crippen LogP contribution in [0.2, 0.25) is 0 Å². The lowest BCUT2D eigenvalue weighted by molar-refractivity contribution is 0.0903. The van der Waals surface area contributed by atoms with Gasteiger partial charge >= 0.3 is 0 Å². The molecule has 0 bridgehead atoms. The predicted octanol–water partition coefficient (Wildman–Crippen LogP) is 2.21. The fourth-order valence-electron chi connectivity index (χ4n) is 2.26. The van der Waals surface area contributed by atoms with Gasteiger partial charge < -0.3 is 5.11 Å². The molecule has 1 heterocycles. The first-order chi connectivity index (χ1) is 11.2. The molecular formula is C18H17N3O2. The summed E-state index contributed by atoms with van der Waals surface area (Å²) in [6.45, 7) is 2.15. The van der Waals surface area contributed by atoms with Gasteiger partial charge in [0.2, 0.25) is 0 Å². The topological polar surface area (TPSA) is 68.0 Å². The van der Waals surface area contributed by atoms with Crippen LogP contribution in [0.1, 0.15) is 21.5 Å². The highest BCUT2D eigenvalue weighted by Gasteiger charge is 2.07. The van der Waals surface area contributed by atoms with Gasteiger partial charge in [0.05, 0.1) is 12.1 Å². The number of aromatic nitrogens is 3. The second-order valence-corrected chi connectivity index (χ2v) is 5.02. The van der Waals surface area contributed by atoms with Crippen molar-refractivity contribution in [3.63, 3.8) is 0 Å². The second-order valence-electron chi connectivity index (χ2n) is 5.02. The summed E-state index contributed by atoms with van der Waals surface area (Å²) in [4.78, 5) is 11.4. The smallest absolute Gasteiger partial charge is 0.188 e. The van der Waals surface area contributed by atoms with E-state index in [2.05, 4.69) is 23.2 Å². The normalized spacial score (nSPS) is 10.1. The number of fused-ring (bicyclic) bond motifs is 1. The Kier molecular flexibility index (Phi) is 5.23. The highest BCUT2D eigenvalue weighted by atomic mass is 16.3. The number of nitrogens with zero attached hydrogens (tertiary/aromatic N) is 3. The van der Waals surface area contributed by atoms with Gasteiger partial charge in [-0.1, -0.05) is 35.5 Å². The van der Waals surface area contributed by atoms with Gasteiger partial charge in [0.1, 0.15) is 12.1 Å². The van der Waals surface area contributed by atoms with Crippen molar-refractivity contribution in [3.05, 3.63) is 59.2 Å². The molecule has 0 aliphatic heterocycles. The Morgan fingerprint density at radius 2 is 1.87 bits per heavy atom. The van der Waals surface area contributed by atoms with E-state index in [9.17, 15) is 4.79 Å². The minimum atomic E-state index is -0.466. The van der Waals surface area contributed by atoms with Gasteiger partial charge in [0, 0.05) is 5.56 Å². The van der Waals surface area contributed by atoms with E-state index < -0.39 is 6.61 Å². The van der Waals surface area contributed by atoms with Crippen LogP contribution in [0.3, 0.4) is 0 Å². The molecule has 0 atom stereocenters. The average Bonchev–Trinajstić information content (AvgIpc) is 2.98. The van der Waals surface area contributed by atoms with E-state index >= 15 is 0 Å². The number of rotatable bonds is 4. The van der Waals surface area contributed by atoms with Crippen LogP contribution in [0.25, 0.3) is 11.0 Å². The van der Waals surface area contributed by atoms with Crippen molar-refractivity contribution in [2.75, 3.05) is 6.61 Å². The van der Waals surface area contributed by atoms with Crippen LogP contribution in [0.5, 0.6) is 0 Å². The fraction of sp³-hybridized carbons (Fsp3) is 0.167. The number of carbonyl (C=O) groups excluding carboxylic acids is 1. The average molecular weight is 307 g/mol. The van der Waals surface area contributed by atoms with Crippen molar-refractivity contribution in [3.8, 4) is 12.8 Å². The number of terminal acetylenes is 1. The van der Waals surface area contributed by atoms with Crippen molar-refractivity contribution in [2.45, 2.75) is 13.5 Å². The lowest BCUT2D eigenvalue weighted by Gasteiger charge is -2.04. The molecule has 0 spiro atoms. The zero-order chi connectivity index (χ0) is 16.8. The molecule has 0 saturated carbocycles. The molecule has 0 unspecified atom stereocenters. The van der Waals surface area contributed by atoms with Crippen LogP contribution in [0, 0.1) is 19.8 Å². The highest BCUT2D eigenvalue weighted by molar-refractivity contribution is 5.96. The Morgan fingerprint density at radius 1 is 1.17 bits per heavy atom. The summed E-state index contributed by atoms with van der Waals surface area (Å²) < 4.78 is 1.83. The van der Waals surface area contributed by atoms with E-state index in [0.717, 1.165) is 22.2 Å². The molecule has 0 saturated heterocycles. The molecule has 0 aliphatic rings. The molecule has 5 nitrogen and oxygen atoms in total. The molecular weight excluding hydrogens is 290 g/mol. The summed E-state index contributed by atoms with van der Waals surface area (Å²) in [5, 5.41) is 17.2. The minimum Gasteiger partial charge on any atom is -0.388 e. The summed E-state index contributed by atoms with van der Waals surface area (Å²) in [7, 11) is 0. The molecule has 0 amide bonds. The Morgan fingerprint density at radius 3 is 2.52 bits per heavy atom. The van der Waals surface area contributed by atoms with Gasteiger partial charge in [-0.25, -0.2) is 4.68 Å². The van der Waals surface area contributed by atoms with Gasteiger partial charge in [0.25, 0.3) is 0 Å². The van der Waals surface area contributed by atoms with Crippen LogP contribution in [-0.4, -0.2) is 32.5 Å². The minimum absolute atomic E-state index is 0.275. The first-order valence-corrected chi connectivity index (χ1v) is 7.03. The van der Waals surface area contributed by atoms with E-state index in [-0.39, 0.29) is 5.78 Å². The molecule has 116 valence electrons. The number of benzene rings is 2. The van der Waals surface area contributed by atoms with E-state index in [1.54, 1.807) is 12.1 Å². The van der Waals surface area contributed by atoms with E-state index in [4.69, 9.17) is 5.11 Å².